The van der Waals surface area contributed by atoms with E-state index in [2.05, 4.69) is 5.32 Å². The molecule has 0 saturated carbocycles. The van der Waals surface area contributed by atoms with E-state index in [0.717, 1.165) is 5.56 Å². The molecule has 0 saturated heterocycles. The highest BCUT2D eigenvalue weighted by molar-refractivity contribution is 5.93. The summed E-state index contributed by atoms with van der Waals surface area (Å²) in [4.78, 5) is 12.3. The predicted octanol–water partition coefficient (Wildman–Crippen LogP) is 3.84. The molecule has 0 aliphatic carbocycles. The minimum absolute atomic E-state index is 0.0529. The molecule has 0 radical (unpaired) electrons. The van der Waals surface area contributed by atoms with Crippen LogP contribution in [0.15, 0.2) is 48.5 Å². The van der Waals surface area contributed by atoms with Gasteiger partial charge in [0.15, 0.2) is 0 Å². The van der Waals surface area contributed by atoms with Gasteiger partial charge in [0.05, 0.1) is 19.9 Å². The summed E-state index contributed by atoms with van der Waals surface area (Å²) in [5.41, 5.74) is 1.77. The van der Waals surface area contributed by atoms with Crippen molar-refractivity contribution in [3.8, 4) is 11.5 Å². The van der Waals surface area contributed by atoms with Crippen molar-refractivity contribution in [1.29, 1.82) is 0 Å². The van der Waals surface area contributed by atoms with E-state index >= 15 is 0 Å². The number of anilines is 1. The molecule has 4 heteroatoms. The molecule has 116 valence electrons. The van der Waals surface area contributed by atoms with E-state index in [0.29, 0.717) is 23.6 Å². The minimum Gasteiger partial charge on any atom is -0.497 e. The fraction of sp³-hybridized carbons (Fsp3) is 0.278. The molecule has 1 amide bonds. The maximum Gasteiger partial charge on any atom is 0.225 e. The van der Waals surface area contributed by atoms with Crippen LogP contribution in [0.25, 0.3) is 0 Å². The third kappa shape index (κ3) is 4.01. The first-order valence-electron chi connectivity index (χ1n) is 7.21. The fourth-order valence-electron chi connectivity index (χ4n) is 2.29. The van der Waals surface area contributed by atoms with Crippen LogP contribution in [0.3, 0.4) is 0 Å². The summed E-state index contributed by atoms with van der Waals surface area (Å²) in [5, 5.41) is 2.89. The van der Waals surface area contributed by atoms with Crippen molar-refractivity contribution in [2.45, 2.75) is 19.3 Å². The molecule has 1 N–H and O–H groups in total. The van der Waals surface area contributed by atoms with Crippen molar-refractivity contribution in [2.24, 2.45) is 0 Å². The van der Waals surface area contributed by atoms with Crippen molar-refractivity contribution >= 4 is 11.6 Å². The molecule has 0 bridgehead atoms. The van der Waals surface area contributed by atoms with Crippen molar-refractivity contribution in [2.75, 3.05) is 19.5 Å². The number of methoxy groups -OCH3 is 2. The van der Waals surface area contributed by atoms with Gasteiger partial charge in [-0.05, 0) is 23.6 Å². The number of benzene rings is 2. The second-order valence-electron chi connectivity index (χ2n) is 5.13. The molecule has 0 aromatic heterocycles. The van der Waals surface area contributed by atoms with Crippen LogP contribution in [-0.4, -0.2) is 20.1 Å². The third-order valence-electron chi connectivity index (χ3n) is 3.54. The smallest absolute Gasteiger partial charge is 0.225 e. The van der Waals surface area contributed by atoms with Gasteiger partial charge in [-0.15, -0.1) is 0 Å². The second-order valence-corrected chi connectivity index (χ2v) is 5.13. The topological polar surface area (TPSA) is 47.6 Å². The van der Waals surface area contributed by atoms with Crippen molar-refractivity contribution in [1.82, 2.24) is 0 Å². The lowest BCUT2D eigenvalue weighted by Gasteiger charge is -2.14. The summed E-state index contributed by atoms with van der Waals surface area (Å²) >= 11 is 0. The van der Waals surface area contributed by atoms with Gasteiger partial charge >= 0.3 is 0 Å². The number of hydrogen-bond donors (Lipinski definition) is 1. The highest BCUT2D eigenvalue weighted by Crippen LogP contribution is 2.29. The van der Waals surface area contributed by atoms with Crippen LogP contribution in [0.5, 0.6) is 11.5 Å². The molecule has 4 nitrogen and oxygen atoms in total. The van der Waals surface area contributed by atoms with E-state index in [1.807, 2.05) is 37.3 Å². The van der Waals surface area contributed by atoms with Crippen molar-refractivity contribution < 1.29 is 14.3 Å². The van der Waals surface area contributed by atoms with E-state index in [1.54, 1.807) is 32.4 Å². The molecule has 2 rings (SSSR count). The standard InChI is InChI=1S/C18H21NO3/c1-13(14-7-5-4-6-8-14)11-18(20)19-16-12-15(21-2)9-10-17(16)22-3/h4-10,12-13H,11H2,1-3H3,(H,19,20)/t13-/m0/s1. The monoisotopic (exact) mass is 299 g/mol. The number of carbonyl (C=O) groups is 1. The van der Waals surface area contributed by atoms with Crippen LogP contribution >= 0.6 is 0 Å². The molecular weight excluding hydrogens is 278 g/mol. The molecule has 0 unspecified atom stereocenters. The summed E-state index contributed by atoms with van der Waals surface area (Å²) in [6.07, 6.45) is 0.407. The van der Waals surface area contributed by atoms with Crippen LogP contribution in [-0.2, 0) is 4.79 Å². The highest BCUT2D eigenvalue weighted by Gasteiger charge is 2.13. The lowest BCUT2D eigenvalue weighted by atomic mass is 9.97. The molecule has 0 aliphatic rings. The van der Waals surface area contributed by atoms with Crippen LogP contribution in [0.2, 0.25) is 0 Å². The fourth-order valence-corrected chi connectivity index (χ4v) is 2.29. The molecule has 1 atom stereocenters. The van der Waals surface area contributed by atoms with E-state index < -0.39 is 0 Å². The average Bonchev–Trinajstić information content (AvgIpc) is 2.55. The van der Waals surface area contributed by atoms with E-state index in [1.165, 1.54) is 0 Å². The highest BCUT2D eigenvalue weighted by atomic mass is 16.5. The van der Waals surface area contributed by atoms with Crippen LogP contribution < -0.4 is 14.8 Å². The molecule has 2 aromatic carbocycles. The van der Waals surface area contributed by atoms with Crippen molar-refractivity contribution in [3.05, 3.63) is 54.1 Å². The number of rotatable bonds is 6. The summed E-state index contributed by atoms with van der Waals surface area (Å²) in [5.74, 6) is 1.38. The van der Waals surface area contributed by atoms with Gasteiger partial charge in [-0.3, -0.25) is 4.79 Å². The number of nitrogens with one attached hydrogen (secondary N) is 1. The van der Waals surface area contributed by atoms with Gasteiger partial charge in [0.2, 0.25) is 5.91 Å². The zero-order valence-corrected chi connectivity index (χ0v) is 13.1. The van der Waals surface area contributed by atoms with Gasteiger partial charge in [0.1, 0.15) is 11.5 Å². The maximum absolute atomic E-state index is 12.3. The number of ether oxygens (including phenoxy) is 2. The number of carbonyl (C=O) groups excluding carboxylic acids is 1. The zero-order valence-electron chi connectivity index (χ0n) is 13.1. The Morgan fingerprint density at radius 3 is 2.45 bits per heavy atom. The van der Waals surface area contributed by atoms with Gasteiger partial charge in [-0.1, -0.05) is 37.3 Å². The van der Waals surface area contributed by atoms with Crippen LogP contribution in [0, 0.1) is 0 Å². The number of amides is 1. The molecule has 0 fully saturated rings. The molecule has 0 spiro atoms. The Morgan fingerprint density at radius 2 is 1.82 bits per heavy atom. The lowest BCUT2D eigenvalue weighted by molar-refractivity contribution is -0.116. The summed E-state index contributed by atoms with van der Waals surface area (Å²) in [6.45, 7) is 2.04. The first-order valence-corrected chi connectivity index (χ1v) is 7.21. The lowest BCUT2D eigenvalue weighted by Crippen LogP contribution is -2.15. The summed E-state index contributed by atoms with van der Waals surface area (Å²) in [6, 6.07) is 15.3. The first kappa shape index (κ1) is 15.9. The summed E-state index contributed by atoms with van der Waals surface area (Å²) in [7, 11) is 3.16. The minimum atomic E-state index is -0.0529. The molecular formula is C18H21NO3. The second kappa shape index (κ2) is 7.50. The molecule has 0 aliphatic heterocycles. The molecule has 22 heavy (non-hydrogen) atoms. The SMILES string of the molecule is COc1ccc(OC)c(NC(=O)C[C@H](C)c2ccccc2)c1. The van der Waals surface area contributed by atoms with E-state index in [9.17, 15) is 4.79 Å². The zero-order chi connectivity index (χ0) is 15.9. The Morgan fingerprint density at radius 1 is 1.09 bits per heavy atom. The van der Waals surface area contributed by atoms with Gasteiger partial charge in [0.25, 0.3) is 0 Å². The average molecular weight is 299 g/mol. The Hall–Kier alpha value is -2.49. The maximum atomic E-state index is 12.3. The Labute approximate surface area is 131 Å². The first-order chi connectivity index (χ1) is 10.6. The van der Waals surface area contributed by atoms with Crippen LogP contribution in [0.4, 0.5) is 5.69 Å². The third-order valence-corrected chi connectivity index (χ3v) is 3.54. The van der Waals surface area contributed by atoms with E-state index in [-0.39, 0.29) is 11.8 Å². The van der Waals surface area contributed by atoms with Gasteiger partial charge in [-0.25, -0.2) is 0 Å². The quantitative estimate of drug-likeness (QED) is 0.881. The van der Waals surface area contributed by atoms with Gasteiger partial charge in [0, 0.05) is 12.5 Å². The summed E-state index contributed by atoms with van der Waals surface area (Å²) < 4.78 is 10.4. The Kier molecular flexibility index (Phi) is 5.42. The largest absolute Gasteiger partial charge is 0.497 e. The molecule has 2 aromatic rings. The molecule has 0 heterocycles. The van der Waals surface area contributed by atoms with Gasteiger partial charge < -0.3 is 14.8 Å². The van der Waals surface area contributed by atoms with Crippen molar-refractivity contribution in [3.63, 3.8) is 0 Å². The normalized spacial score (nSPS) is 11.6. The van der Waals surface area contributed by atoms with E-state index in [4.69, 9.17) is 9.47 Å². The Balaban J connectivity index is 2.05. The van der Waals surface area contributed by atoms with Gasteiger partial charge in [-0.2, -0.15) is 0 Å². The predicted molar refractivity (Wildman–Crippen MR) is 87.6 cm³/mol. The number of hydrogen-bond acceptors (Lipinski definition) is 3. The Bertz CT molecular complexity index is 625. The van der Waals surface area contributed by atoms with Crippen LogP contribution in [0.1, 0.15) is 24.8 Å².